The monoisotopic (exact) mass is 552 g/mol. The zero-order chi connectivity index (χ0) is 24.7. The number of carbonyl (C=O) groups excluding carboxylic acids is 1. The maximum Gasteiger partial charge on any atom is 0.276 e. The summed E-state index contributed by atoms with van der Waals surface area (Å²) in [7, 11) is -2.66. The molecule has 1 saturated heterocycles. The van der Waals surface area contributed by atoms with Gasteiger partial charge in [0.15, 0.2) is 6.29 Å². The van der Waals surface area contributed by atoms with Gasteiger partial charge in [0.1, 0.15) is 19.0 Å². The van der Waals surface area contributed by atoms with E-state index in [9.17, 15) is 13.2 Å². The highest BCUT2D eigenvalue weighted by Gasteiger charge is 2.27. The van der Waals surface area contributed by atoms with Gasteiger partial charge in [-0.1, -0.05) is 27.8 Å². The molecule has 0 aromatic heterocycles. The molecule has 2 N–H and O–H groups in total. The lowest BCUT2D eigenvalue weighted by molar-refractivity contribution is -0.0996. The largest absolute Gasteiger partial charge is 0.481 e. The SMILES string of the molecule is Cc1cc(Br)cc(C(=O)NO)c1N(C)S(=O)(=O)c1ccc(OCC#CCOC2CCCO2)cc1. The molecule has 0 radical (unpaired) electrons. The van der Waals surface area contributed by atoms with Gasteiger partial charge in [-0.25, -0.2) is 13.9 Å². The number of hydrogen-bond donors (Lipinski definition) is 2. The lowest BCUT2D eigenvalue weighted by atomic mass is 10.1. The highest BCUT2D eigenvalue weighted by molar-refractivity contribution is 9.10. The summed E-state index contributed by atoms with van der Waals surface area (Å²) in [6.45, 7) is 2.76. The van der Waals surface area contributed by atoms with E-state index >= 15 is 0 Å². The molecule has 1 heterocycles. The van der Waals surface area contributed by atoms with Crippen LogP contribution < -0.4 is 14.5 Å². The van der Waals surface area contributed by atoms with Crippen molar-refractivity contribution in [2.24, 2.45) is 0 Å². The van der Waals surface area contributed by atoms with Gasteiger partial charge >= 0.3 is 0 Å². The van der Waals surface area contributed by atoms with Crippen LogP contribution in [-0.2, 0) is 19.5 Å². The first-order valence-corrected chi connectivity index (χ1v) is 12.6. The Balaban J connectivity index is 1.67. The van der Waals surface area contributed by atoms with Crippen LogP contribution in [0.3, 0.4) is 0 Å². The minimum atomic E-state index is -4.00. The third kappa shape index (κ3) is 6.28. The van der Waals surface area contributed by atoms with Crippen molar-refractivity contribution in [2.75, 3.05) is 31.2 Å². The fourth-order valence-corrected chi connectivity index (χ4v) is 5.26. The zero-order valence-electron chi connectivity index (χ0n) is 18.7. The van der Waals surface area contributed by atoms with Crippen molar-refractivity contribution in [3.8, 4) is 17.6 Å². The molecule has 1 amide bonds. The zero-order valence-corrected chi connectivity index (χ0v) is 21.1. The van der Waals surface area contributed by atoms with Crippen LogP contribution in [0.5, 0.6) is 5.75 Å². The Hall–Kier alpha value is -2.62. The molecule has 1 aliphatic rings. The fraction of sp³-hybridized carbons (Fsp3) is 0.348. The second-order valence-corrected chi connectivity index (χ2v) is 10.3. The molecule has 1 aliphatic heterocycles. The number of halogens is 1. The van der Waals surface area contributed by atoms with Gasteiger partial charge in [-0.05, 0) is 55.3 Å². The minimum Gasteiger partial charge on any atom is -0.481 e. The van der Waals surface area contributed by atoms with Crippen molar-refractivity contribution in [2.45, 2.75) is 31.0 Å². The molecule has 1 atom stereocenters. The molecular formula is C23H25BrN2O7S. The van der Waals surface area contributed by atoms with Crippen LogP contribution in [0.15, 0.2) is 45.8 Å². The van der Waals surface area contributed by atoms with E-state index in [1.807, 2.05) is 0 Å². The standard InChI is InChI=1S/C23H25BrN2O7S/c1-16-14-17(24)15-20(23(27)25-28)22(16)26(2)34(29,30)19-9-7-18(8-10-19)31-11-3-4-12-32-21-6-5-13-33-21/h7-10,14-15,21,28H,5-6,11-13H2,1-2H3,(H,25,27). The average Bonchev–Trinajstić information content (AvgIpc) is 3.33. The van der Waals surface area contributed by atoms with Gasteiger partial charge in [0.25, 0.3) is 15.9 Å². The Kier molecular flexibility index (Phi) is 8.93. The van der Waals surface area contributed by atoms with Gasteiger partial charge in [-0.3, -0.25) is 14.3 Å². The predicted octanol–water partition coefficient (Wildman–Crippen LogP) is 3.24. The summed E-state index contributed by atoms with van der Waals surface area (Å²) in [6.07, 6.45) is 1.68. The van der Waals surface area contributed by atoms with Crippen molar-refractivity contribution >= 4 is 37.5 Å². The fourth-order valence-electron chi connectivity index (χ4n) is 3.41. The van der Waals surface area contributed by atoms with Crippen LogP contribution in [-0.4, -0.2) is 52.7 Å². The van der Waals surface area contributed by atoms with E-state index in [0.29, 0.717) is 22.4 Å². The summed E-state index contributed by atoms with van der Waals surface area (Å²) in [5.41, 5.74) is 2.23. The number of nitrogens with zero attached hydrogens (tertiary/aromatic N) is 1. The molecule has 2 aromatic carbocycles. The first-order chi connectivity index (χ1) is 16.2. The van der Waals surface area contributed by atoms with Crippen LogP contribution in [0.2, 0.25) is 0 Å². The first-order valence-electron chi connectivity index (χ1n) is 10.4. The van der Waals surface area contributed by atoms with Gasteiger partial charge in [0.2, 0.25) is 0 Å². The highest BCUT2D eigenvalue weighted by Crippen LogP contribution is 2.32. The third-order valence-corrected chi connectivity index (χ3v) is 7.30. The van der Waals surface area contributed by atoms with Crippen LogP contribution in [0.4, 0.5) is 5.69 Å². The maximum absolute atomic E-state index is 13.2. The number of rotatable bonds is 8. The van der Waals surface area contributed by atoms with Gasteiger partial charge in [0, 0.05) is 24.5 Å². The molecule has 182 valence electrons. The Bertz CT molecular complexity index is 1180. The number of hydrogen-bond acceptors (Lipinski definition) is 7. The van der Waals surface area contributed by atoms with E-state index in [0.717, 1.165) is 17.1 Å². The van der Waals surface area contributed by atoms with Gasteiger partial charge in [-0.2, -0.15) is 0 Å². The summed E-state index contributed by atoms with van der Waals surface area (Å²) in [5, 5.41) is 9.08. The van der Waals surface area contributed by atoms with E-state index in [-0.39, 0.29) is 35.7 Å². The van der Waals surface area contributed by atoms with Crippen LogP contribution in [0, 0.1) is 18.8 Å². The maximum atomic E-state index is 13.2. The van der Waals surface area contributed by atoms with Gasteiger partial charge in [0.05, 0.1) is 16.1 Å². The number of ether oxygens (including phenoxy) is 3. The Morgan fingerprint density at radius 2 is 1.97 bits per heavy atom. The number of benzene rings is 2. The Morgan fingerprint density at radius 1 is 1.26 bits per heavy atom. The smallest absolute Gasteiger partial charge is 0.276 e. The number of aryl methyl sites for hydroxylation is 1. The molecule has 9 nitrogen and oxygen atoms in total. The second-order valence-electron chi connectivity index (χ2n) is 7.40. The summed E-state index contributed by atoms with van der Waals surface area (Å²) in [4.78, 5) is 12.1. The Labute approximate surface area is 207 Å². The van der Waals surface area contributed by atoms with Gasteiger partial charge < -0.3 is 14.2 Å². The van der Waals surface area contributed by atoms with Gasteiger partial charge in [-0.15, -0.1) is 0 Å². The number of carbonyl (C=O) groups is 1. The molecule has 3 rings (SSSR count). The van der Waals surface area contributed by atoms with E-state index in [1.165, 1.54) is 37.4 Å². The molecular weight excluding hydrogens is 528 g/mol. The molecule has 0 bridgehead atoms. The lowest BCUT2D eigenvalue weighted by Crippen LogP contribution is -2.30. The third-order valence-electron chi connectivity index (χ3n) is 5.07. The minimum absolute atomic E-state index is 0.00227. The molecule has 0 saturated carbocycles. The van der Waals surface area contributed by atoms with Crippen molar-refractivity contribution in [3.63, 3.8) is 0 Å². The van der Waals surface area contributed by atoms with Crippen LogP contribution in [0.25, 0.3) is 0 Å². The first kappa shape index (κ1) is 26.0. The summed E-state index contributed by atoms with van der Waals surface area (Å²) >= 11 is 3.28. The van der Waals surface area contributed by atoms with Crippen molar-refractivity contribution < 1.29 is 32.6 Å². The van der Waals surface area contributed by atoms with E-state index in [1.54, 1.807) is 18.5 Å². The summed E-state index contributed by atoms with van der Waals surface area (Å²) in [6, 6.07) is 9.00. The number of amides is 1. The number of anilines is 1. The topological polar surface area (TPSA) is 114 Å². The molecule has 1 fully saturated rings. The van der Waals surface area contributed by atoms with Crippen molar-refractivity contribution in [1.82, 2.24) is 5.48 Å². The molecule has 1 unspecified atom stereocenters. The van der Waals surface area contributed by atoms with Crippen molar-refractivity contribution in [3.05, 3.63) is 52.0 Å². The molecule has 2 aromatic rings. The molecule has 0 aliphatic carbocycles. The average molecular weight is 553 g/mol. The van der Waals surface area contributed by atoms with E-state index < -0.39 is 15.9 Å². The summed E-state index contributed by atoms with van der Waals surface area (Å²) in [5.74, 6) is 5.31. The quantitative estimate of drug-likeness (QED) is 0.293. The molecule has 0 spiro atoms. The number of sulfonamides is 1. The number of nitrogens with one attached hydrogen (secondary N) is 1. The Morgan fingerprint density at radius 3 is 2.62 bits per heavy atom. The van der Waals surface area contributed by atoms with Crippen LogP contribution in [0.1, 0.15) is 28.8 Å². The summed E-state index contributed by atoms with van der Waals surface area (Å²) < 4.78 is 44.3. The predicted molar refractivity (Wildman–Crippen MR) is 128 cm³/mol. The van der Waals surface area contributed by atoms with E-state index in [4.69, 9.17) is 19.4 Å². The van der Waals surface area contributed by atoms with Crippen molar-refractivity contribution in [1.29, 1.82) is 0 Å². The normalized spacial score (nSPS) is 15.4. The molecule has 11 heteroatoms. The van der Waals surface area contributed by atoms with E-state index in [2.05, 4.69) is 27.8 Å². The molecule has 34 heavy (non-hydrogen) atoms. The highest BCUT2D eigenvalue weighted by atomic mass is 79.9. The van der Waals surface area contributed by atoms with Crippen LogP contribution >= 0.6 is 15.9 Å². The second kappa shape index (κ2) is 11.7. The lowest BCUT2D eigenvalue weighted by Gasteiger charge is -2.24. The number of hydroxylamine groups is 1.